The van der Waals surface area contributed by atoms with Crippen LogP contribution in [-0.4, -0.2) is 17.0 Å². The van der Waals surface area contributed by atoms with Crippen molar-refractivity contribution in [3.8, 4) is 0 Å². The minimum Gasteiger partial charge on any atom is -0.393 e. The second-order valence-electron chi connectivity index (χ2n) is 9.39. The fourth-order valence-electron chi connectivity index (χ4n) is 7.22. The molecule has 0 heterocycles. The van der Waals surface area contributed by atoms with Crippen LogP contribution in [0.5, 0.6) is 0 Å². The molecule has 124 valence electrons. The van der Waals surface area contributed by atoms with Gasteiger partial charge in [-0.1, -0.05) is 20.3 Å². The van der Waals surface area contributed by atoms with E-state index in [2.05, 4.69) is 13.8 Å². The fourth-order valence-corrected chi connectivity index (χ4v) is 7.22. The highest BCUT2D eigenvalue weighted by atomic mass is 16.3. The Balaban J connectivity index is 1.67. The molecule has 2 nitrogen and oxygen atoms in total. The van der Waals surface area contributed by atoms with Crippen LogP contribution < -0.4 is 0 Å². The molecule has 4 aliphatic carbocycles. The summed E-state index contributed by atoms with van der Waals surface area (Å²) >= 11 is 0. The third-order valence-electron chi connectivity index (χ3n) is 8.67. The van der Waals surface area contributed by atoms with Gasteiger partial charge in [-0.25, -0.2) is 0 Å². The van der Waals surface area contributed by atoms with Gasteiger partial charge < -0.3 is 5.11 Å². The molecule has 0 aromatic carbocycles. The van der Waals surface area contributed by atoms with E-state index in [1.165, 1.54) is 38.5 Å². The van der Waals surface area contributed by atoms with Crippen LogP contribution >= 0.6 is 0 Å². The Bertz CT molecular complexity index is 472. The second kappa shape index (κ2) is 5.06. The van der Waals surface area contributed by atoms with Gasteiger partial charge in [-0.2, -0.15) is 0 Å². The van der Waals surface area contributed by atoms with Crippen LogP contribution in [0.25, 0.3) is 0 Å². The minimum absolute atomic E-state index is 0.0711. The topological polar surface area (TPSA) is 37.3 Å². The molecule has 0 aliphatic heterocycles. The maximum absolute atomic E-state index is 12.0. The highest BCUT2D eigenvalue weighted by Crippen LogP contribution is 2.64. The van der Waals surface area contributed by atoms with E-state index in [9.17, 15) is 9.90 Å². The van der Waals surface area contributed by atoms with Crippen molar-refractivity contribution < 1.29 is 9.90 Å². The predicted molar refractivity (Wildman–Crippen MR) is 87.4 cm³/mol. The number of carbonyl (C=O) groups excluding carboxylic acids is 1. The van der Waals surface area contributed by atoms with Gasteiger partial charge in [-0.15, -0.1) is 0 Å². The monoisotopic (exact) mass is 304 g/mol. The number of aliphatic hydroxyl groups excluding tert-OH is 1. The molecule has 0 amide bonds. The summed E-state index contributed by atoms with van der Waals surface area (Å²) in [4.78, 5) is 12.0. The average molecular weight is 304 g/mol. The maximum atomic E-state index is 12.0. The number of fused-ring (bicyclic) bond motifs is 5. The SMILES string of the molecule is C[C@@]12CC[C@H]3[C@@H](CCC[C@H]4CC(=O)CC[C@]43C)[C@H]1CC[C@@H]2O. The zero-order valence-electron chi connectivity index (χ0n) is 14.3. The first kappa shape index (κ1) is 15.2. The average Bonchev–Trinajstić information content (AvgIpc) is 2.70. The number of ketones is 1. The number of Topliss-reactive ketones (excluding diaryl/α,β-unsaturated/α-hetero) is 1. The molecule has 2 heteroatoms. The Kier molecular flexibility index (Phi) is 3.49. The van der Waals surface area contributed by atoms with E-state index < -0.39 is 0 Å². The van der Waals surface area contributed by atoms with Crippen molar-refractivity contribution in [3.05, 3.63) is 0 Å². The normalized spacial score (nSPS) is 55.0. The molecule has 0 aromatic rings. The van der Waals surface area contributed by atoms with Crippen molar-refractivity contribution in [3.63, 3.8) is 0 Å². The molecule has 4 aliphatic rings. The van der Waals surface area contributed by atoms with E-state index in [-0.39, 0.29) is 11.5 Å². The zero-order valence-corrected chi connectivity index (χ0v) is 14.3. The highest BCUT2D eigenvalue weighted by molar-refractivity contribution is 5.79. The van der Waals surface area contributed by atoms with Crippen LogP contribution in [0, 0.1) is 34.5 Å². The standard InChI is InChI=1S/C20H32O2/c1-19-10-8-14(21)12-13(19)4-3-5-15-16-6-7-18(22)20(16,2)11-9-17(15)19/h13,15-18,22H,3-12H2,1-2H3/t13-,15-,16+,17-,18-,19+,20+/m0/s1. The van der Waals surface area contributed by atoms with E-state index in [4.69, 9.17) is 0 Å². The first-order chi connectivity index (χ1) is 10.4. The first-order valence-electron chi connectivity index (χ1n) is 9.65. The summed E-state index contributed by atoms with van der Waals surface area (Å²) < 4.78 is 0. The van der Waals surface area contributed by atoms with Crippen LogP contribution in [0.15, 0.2) is 0 Å². The quantitative estimate of drug-likeness (QED) is 0.722. The molecule has 0 unspecified atom stereocenters. The lowest BCUT2D eigenvalue weighted by Crippen LogP contribution is -2.50. The largest absolute Gasteiger partial charge is 0.393 e. The van der Waals surface area contributed by atoms with Crippen LogP contribution in [0.4, 0.5) is 0 Å². The van der Waals surface area contributed by atoms with Crippen molar-refractivity contribution in [2.75, 3.05) is 0 Å². The molecule has 0 saturated heterocycles. The van der Waals surface area contributed by atoms with E-state index in [0.29, 0.717) is 17.1 Å². The van der Waals surface area contributed by atoms with Crippen molar-refractivity contribution in [1.82, 2.24) is 0 Å². The Labute approximate surface area is 135 Å². The lowest BCUT2D eigenvalue weighted by molar-refractivity contribution is -0.130. The van der Waals surface area contributed by atoms with Gasteiger partial charge in [0, 0.05) is 12.8 Å². The van der Waals surface area contributed by atoms with Crippen LogP contribution in [0.3, 0.4) is 0 Å². The fraction of sp³-hybridized carbons (Fsp3) is 0.950. The lowest BCUT2D eigenvalue weighted by atomic mass is 9.50. The van der Waals surface area contributed by atoms with Crippen LogP contribution in [-0.2, 0) is 4.79 Å². The van der Waals surface area contributed by atoms with Gasteiger partial charge in [0.25, 0.3) is 0 Å². The van der Waals surface area contributed by atoms with E-state index >= 15 is 0 Å². The second-order valence-corrected chi connectivity index (χ2v) is 9.39. The summed E-state index contributed by atoms with van der Waals surface area (Å²) in [7, 11) is 0. The number of aliphatic hydroxyl groups is 1. The molecule has 1 N–H and O–H groups in total. The maximum Gasteiger partial charge on any atom is 0.133 e. The van der Waals surface area contributed by atoms with Gasteiger partial charge in [0.1, 0.15) is 5.78 Å². The first-order valence-corrected chi connectivity index (χ1v) is 9.65. The zero-order chi connectivity index (χ0) is 15.5. The van der Waals surface area contributed by atoms with E-state index in [1.807, 2.05) is 0 Å². The minimum atomic E-state index is -0.0711. The third-order valence-corrected chi connectivity index (χ3v) is 8.67. The van der Waals surface area contributed by atoms with Crippen LogP contribution in [0.1, 0.15) is 78.1 Å². The summed E-state index contributed by atoms with van der Waals surface area (Å²) in [6, 6.07) is 0. The van der Waals surface area contributed by atoms with Gasteiger partial charge in [-0.3, -0.25) is 4.79 Å². The number of hydrogen-bond acceptors (Lipinski definition) is 2. The molecule has 0 bridgehead atoms. The summed E-state index contributed by atoms with van der Waals surface area (Å²) in [5.74, 6) is 3.49. The molecule has 4 fully saturated rings. The van der Waals surface area contributed by atoms with Crippen LogP contribution in [0.2, 0.25) is 0 Å². The highest BCUT2D eigenvalue weighted by Gasteiger charge is 2.58. The molecular weight excluding hydrogens is 272 g/mol. The third kappa shape index (κ3) is 1.98. The van der Waals surface area contributed by atoms with Gasteiger partial charge in [0.15, 0.2) is 0 Å². The van der Waals surface area contributed by atoms with Gasteiger partial charge in [0.05, 0.1) is 6.10 Å². The van der Waals surface area contributed by atoms with E-state index in [0.717, 1.165) is 43.4 Å². The van der Waals surface area contributed by atoms with Crippen molar-refractivity contribution in [1.29, 1.82) is 0 Å². The summed E-state index contributed by atoms with van der Waals surface area (Å²) in [6.07, 6.45) is 11.4. The van der Waals surface area contributed by atoms with Gasteiger partial charge in [0.2, 0.25) is 0 Å². The number of hydrogen-bond donors (Lipinski definition) is 1. The molecule has 4 saturated carbocycles. The molecule has 4 rings (SSSR count). The predicted octanol–water partition coefficient (Wildman–Crippen LogP) is 4.35. The summed E-state index contributed by atoms with van der Waals surface area (Å²) in [6.45, 7) is 4.88. The lowest BCUT2D eigenvalue weighted by Gasteiger charge is -2.55. The molecule has 0 spiro atoms. The Morgan fingerprint density at radius 1 is 0.955 bits per heavy atom. The number of carbonyl (C=O) groups is 1. The Morgan fingerprint density at radius 3 is 2.55 bits per heavy atom. The molecular formula is C20H32O2. The van der Waals surface area contributed by atoms with E-state index in [1.54, 1.807) is 0 Å². The molecule has 22 heavy (non-hydrogen) atoms. The smallest absolute Gasteiger partial charge is 0.133 e. The van der Waals surface area contributed by atoms with Gasteiger partial charge in [-0.05, 0) is 79.4 Å². The molecule has 0 aromatic heterocycles. The Morgan fingerprint density at radius 2 is 1.73 bits per heavy atom. The summed E-state index contributed by atoms with van der Waals surface area (Å²) in [5, 5.41) is 10.5. The van der Waals surface area contributed by atoms with Crippen molar-refractivity contribution >= 4 is 5.78 Å². The summed E-state index contributed by atoms with van der Waals surface area (Å²) in [5.41, 5.74) is 0.575. The van der Waals surface area contributed by atoms with Gasteiger partial charge >= 0.3 is 0 Å². The molecule has 7 atom stereocenters. The molecule has 0 radical (unpaired) electrons. The van der Waals surface area contributed by atoms with Crippen molar-refractivity contribution in [2.24, 2.45) is 34.5 Å². The van der Waals surface area contributed by atoms with Crippen molar-refractivity contribution in [2.45, 2.75) is 84.2 Å². The number of rotatable bonds is 0. The Hall–Kier alpha value is -0.370.